The molecule has 0 aromatic heterocycles. The average molecular weight is 232 g/mol. The van der Waals surface area contributed by atoms with E-state index in [1.54, 1.807) is 0 Å². The second kappa shape index (κ2) is 7.20. The second-order valence-electron chi connectivity index (χ2n) is 4.16. The molecule has 2 aliphatic heterocycles. The van der Waals surface area contributed by atoms with Gasteiger partial charge >= 0.3 is 0 Å². The topological polar surface area (TPSA) is 24.5 Å². The van der Waals surface area contributed by atoms with Gasteiger partial charge in [0.15, 0.2) is 0 Å². The summed E-state index contributed by atoms with van der Waals surface area (Å²) >= 11 is 0. The molecule has 96 valence electrons. The first-order valence-electron chi connectivity index (χ1n) is 6.50. The molecule has 2 fully saturated rings. The van der Waals surface area contributed by atoms with E-state index in [1.165, 1.54) is 0 Å². The predicted molar refractivity (Wildman–Crippen MR) is 64.5 cm³/mol. The maximum Gasteiger partial charge on any atom is 0.128 e. The highest BCUT2D eigenvalue weighted by Crippen LogP contribution is 2.19. The van der Waals surface area contributed by atoms with Crippen molar-refractivity contribution in [3.05, 3.63) is 0 Å². The highest BCUT2D eigenvalue weighted by molar-refractivity contribution is 4.89. The molecule has 1 N–H and O–H groups in total. The monoisotopic (exact) mass is 232 g/mol. The van der Waals surface area contributed by atoms with E-state index in [0.29, 0.717) is 12.6 Å². The van der Waals surface area contributed by atoms with E-state index in [2.05, 4.69) is 10.2 Å². The summed E-state index contributed by atoms with van der Waals surface area (Å²) < 4.78 is 18.8. The van der Waals surface area contributed by atoms with Crippen molar-refractivity contribution < 1.29 is 9.13 Å². The smallest absolute Gasteiger partial charge is 0.128 e. The maximum atomic E-state index is 13.7. The minimum absolute atomic E-state index is 0.0669. The molecule has 4 heteroatoms. The molecule has 2 saturated heterocycles. The first-order valence-corrected chi connectivity index (χ1v) is 6.50. The minimum atomic E-state index is -0.718. The lowest BCUT2D eigenvalue weighted by Crippen LogP contribution is -2.58. The molecular formula is C12H25FN2O. The van der Waals surface area contributed by atoms with Crippen LogP contribution >= 0.6 is 0 Å². The number of nitrogens with one attached hydrogen (secondary N) is 1. The van der Waals surface area contributed by atoms with Crippen molar-refractivity contribution in [2.24, 2.45) is 0 Å². The van der Waals surface area contributed by atoms with Gasteiger partial charge in [-0.25, -0.2) is 4.39 Å². The Kier molecular flexibility index (Phi) is 6.24. The molecule has 3 nitrogen and oxygen atoms in total. The summed E-state index contributed by atoms with van der Waals surface area (Å²) in [6.45, 7) is 10.0. The Balaban J connectivity index is 0.000000606. The summed E-state index contributed by atoms with van der Waals surface area (Å²) in [5, 5.41) is 3.20. The lowest BCUT2D eigenvalue weighted by Gasteiger charge is -2.42. The number of alkyl halides is 1. The van der Waals surface area contributed by atoms with Crippen molar-refractivity contribution in [3.8, 4) is 0 Å². The summed E-state index contributed by atoms with van der Waals surface area (Å²) in [6.07, 6.45) is 0.204. The highest BCUT2D eigenvalue weighted by atomic mass is 19.1. The van der Waals surface area contributed by atoms with Crippen LogP contribution in [0.5, 0.6) is 0 Å². The Bertz CT molecular complexity index is 188. The molecule has 0 radical (unpaired) electrons. The first kappa shape index (κ1) is 13.9. The molecule has 16 heavy (non-hydrogen) atoms. The van der Waals surface area contributed by atoms with Gasteiger partial charge in [-0.2, -0.15) is 0 Å². The van der Waals surface area contributed by atoms with Crippen LogP contribution in [0.2, 0.25) is 0 Å². The summed E-state index contributed by atoms with van der Waals surface area (Å²) in [5.41, 5.74) is 0. The Labute approximate surface area is 98.3 Å². The van der Waals surface area contributed by atoms with Crippen LogP contribution in [0.25, 0.3) is 0 Å². The van der Waals surface area contributed by atoms with Gasteiger partial charge in [-0.3, -0.25) is 4.90 Å². The fourth-order valence-corrected chi connectivity index (χ4v) is 2.19. The summed E-state index contributed by atoms with van der Waals surface area (Å²) in [5.74, 6) is 0. The van der Waals surface area contributed by atoms with Gasteiger partial charge in [-0.05, 0) is 13.0 Å². The molecule has 2 unspecified atom stereocenters. The number of likely N-dealkylation sites (tertiary alicyclic amines) is 1. The Morgan fingerprint density at radius 2 is 2.06 bits per heavy atom. The van der Waals surface area contributed by atoms with E-state index in [0.717, 1.165) is 32.7 Å². The molecule has 2 aliphatic rings. The van der Waals surface area contributed by atoms with Crippen molar-refractivity contribution >= 4 is 0 Å². The highest BCUT2D eigenvalue weighted by Gasteiger charge is 2.34. The predicted octanol–water partition coefficient (Wildman–Crippen LogP) is 1.43. The van der Waals surface area contributed by atoms with Gasteiger partial charge < -0.3 is 10.1 Å². The van der Waals surface area contributed by atoms with E-state index in [1.807, 2.05) is 20.8 Å². The quantitative estimate of drug-likeness (QED) is 0.797. The van der Waals surface area contributed by atoms with Crippen LogP contribution in [0.1, 0.15) is 27.2 Å². The zero-order valence-corrected chi connectivity index (χ0v) is 10.7. The lowest BCUT2D eigenvalue weighted by atomic mass is 10.0. The van der Waals surface area contributed by atoms with Gasteiger partial charge in [-0.15, -0.1) is 0 Å². The average Bonchev–Trinajstić information content (AvgIpc) is 2.23. The Morgan fingerprint density at radius 1 is 1.38 bits per heavy atom. The molecular weight excluding hydrogens is 207 g/mol. The third-order valence-electron chi connectivity index (χ3n) is 3.18. The SMILES string of the molecule is CC.CCNC1CCN(C2COC2)CC1F. The molecule has 0 aromatic rings. The van der Waals surface area contributed by atoms with Crippen molar-refractivity contribution in [1.29, 1.82) is 0 Å². The molecule has 0 aliphatic carbocycles. The molecule has 0 saturated carbocycles. The largest absolute Gasteiger partial charge is 0.378 e. The van der Waals surface area contributed by atoms with Gasteiger partial charge in [0.2, 0.25) is 0 Å². The molecule has 2 rings (SSSR count). The standard InChI is InChI=1S/C10H19FN2O.C2H6/c1-2-12-10-3-4-13(5-9(10)11)8-6-14-7-8;1-2/h8-10,12H,2-7H2,1H3;1-2H3. The molecule has 2 atom stereocenters. The summed E-state index contributed by atoms with van der Waals surface area (Å²) in [4.78, 5) is 2.22. The number of hydrogen-bond donors (Lipinski definition) is 1. The van der Waals surface area contributed by atoms with Crippen LogP contribution in [0, 0.1) is 0 Å². The number of nitrogens with zero attached hydrogens (tertiary/aromatic N) is 1. The molecule has 0 bridgehead atoms. The van der Waals surface area contributed by atoms with E-state index >= 15 is 0 Å². The number of hydrogen-bond acceptors (Lipinski definition) is 3. The van der Waals surface area contributed by atoms with Crippen molar-refractivity contribution in [3.63, 3.8) is 0 Å². The van der Waals surface area contributed by atoms with E-state index < -0.39 is 6.17 Å². The lowest BCUT2D eigenvalue weighted by molar-refractivity contribution is -0.0817. The molecule has 0 amide bonds. The van der Waals surface area contributed by atoms with Crippen molar-refractivity contribution in [2.75, 3.05) is 32.8 Å². The van der Waals surface area contributed by atoms with Crippen LogP contribution in [0.4, 0.5) is 4.39 Å². The van der Waals surface area contributed by atoms with Gasteiger partial charge in [0.25, 0.3) is 0 Å². The maximum absolute atomic E-state index is 13.7. The van der Waals surface area contributed by atoms with Crippen LogP contribution in [0.3, 0.4) is 0 Å². The van der Waals surface area contributed by atoms with Gasteiger partial charge in [0.05, 0.1) is 19.3 Å². The van der Waals surface area contributed by atoms with Gasteiger partial charge in [0, 0.05) is 19.1 Å². The molecule has 0 aromatic carbocycles. The van der Waals surface area contributed by atoms with E-state index in [4.69, 9.17) is 4.74 Å². The fraction of sp³-hybridized carbons (Fsp3) is 1.00. The van der Waals surface area contributed by atoms with E-state index in [9.17, 15) is 4.39 Å². The molecule has 0 spiro atoms. The molecule has 2 heterocycles. The minimum Gasteiger partial charge on any atom is -0.378 e. The third kappa shape index (κ3) is 3.40. The number of rotatable bonds is 3. The Morgan fingerprint density at radius 3 is 2.50 bits per heavy atom. The second-order valence-corrected chi connectivity index (χ2v) is 4.16. The van der Waals surface area contributed by atoms with Gasteiger partial charge in [0.1, 0.15) is 6.17 Å². The third-order valence-corrected chi connectivity index (χ3v) is 3.18. The number of piperidine rings is 1. The zero-order chi connectivity index (χ0) is 12.0. The zero-order valence-electron chi connectivity index (χ0n) is 10.7. The first-order chi connectivity index (χ1) is 7.81. The summed E-state index contributed by atoms with van der Waals surface area (Å²) in [7, 11) is 0. The number of halogens is 1. The van der Waals surface area contributed by atoms with Crippen LogP contribution in [0.15, 0.2) is 0 Å². The number of ether oxygens (including phenoxy) is 1. The Hall–Kier alpha value is -0.190. The summed E-state index contributed by atoms with van der Waals surface area (Å²) in [6, 6.07) is 0.549. The van der Waals surface area contributed by atoms with E-state index in [-0.39, 0.29) is 6.04 Å². The van der Waals surface area contributed by atoms with Crippen LogP contribution in [-0.2, 0) is 4.74 Å². The van der Waals surface area contributed by atoms with Gasteiger partial charge in [-0.1, -0.05) is 20.8 Å². The van der Waals surface area contributed by atoms with Crippen molar-refractivity contribution in [2.45, 2.75) is 45.4 Å². The normalized spacial score (nSPS) is 31.5. The fourth-order valence-electron chi connectivity index (χ4n) is 2.19. The van der Waals surface area contributed by atoms with Crippen molar-refractivity contribution in [1.82, 2.24) is 10.2 Å². The van der Waals surface area contributed by atoms with Crippen LogP contribution < -0.4 is 5.32 Å². The van der Waals surface area contributed by atoms with Crippen LogP contribution in [-0.4, -0.2) is 56.0 Å².